The van der Waals surface area contributed by atoms with E-state index in [4.69, 9.17) is 0 Å². The second kappa shape index (κ2) is 5.18. The lowest BCUT2D eigenvalue weighted by molar-refractivity contribution is -0.420. The molecule has 0 aromatic heterocycles. The molecule has 2 heterocycles. The summed E-state index contributed by atoms with van der Waals surface area (Å²) in [4.78, 5) is 0.808. The zero-order chi connectivity index (χ0) is 17.9. The van der Waals surface area contributed by atoms with Crippen molar-refractivity contribution in [1.82, 2.24) is 9.80 Å². The van der Waals surface area contributed by atoms with E-state index < -0.39 is 42.4 Å². The first-order chi connectivity index (χ1) is 10.2. The minimum atomic E-state index is -6.13. The summed E-state index contributed by atoms with van der Waals surface area (Å²) in [6.45, 7) is -0.0171. The molecule has 2 nitrogen and oxygen atoms in total. The van der Waals surface area contributed by atoms with Gasteiger partial charge in [-0.3, -0.25) is 0 Å². The van der Waals surface area contributed by atoms with Gasteiger partial charge in [0.2, 0.25) is 0 Å². The molecular formula is C13H18F8N2. The van der Waals surface area contributed by atoms with Crippen LogP contribution in [0.4, 0.5) is 35.1 Å². The van der Waals surface area contributed by atoms with Crippen LogP contribution >= 0.6 is 0 Å². The van der Waals surface area contributed by atoms with Crippen LogP contribution < -0.4 is 0 Å². The minimum absolute atomic E-state index is 0.0168. The predicted molar refractivity (Wildman–Crippen MR) is 65.9 cm³/mol. The minimum Gasteiger partial charge on any atom is -0.302 e. The van der Waals surface area contributed by atoms with Gasteiger partial charge in [-0.25, -0.2) is 4.90 Å². The molecule has 1 atom stereocenters. The van der Waals surface area contributed by atoms with Gasteiger partial charge in [-0.15, -0.1) is 0 Å². The predicted octanol–water partition coefficient (Wildman–Crippen LogP) is 3.88. The Morgan fingerprint density at radius 1 is 0.826 bits per heavy atom. The highest BCUT2D eigenvalue weighted by Gasteiger charge is 2.86. The molecule has 2 rings (SSSR count). The van der Waals surface area contributed by atoms with Crippen molar-refractivity contribution in [2.24, 2.45) is 5.41 Å². The lowest BCUT2D eigenvalue weighted by atomic mass is 9.82. The zero-order valence-corrected chi connectivity index (χ0v) is 12.7. The van der Waals surface area contributed by atoms with E-state index in [9.17, 15) is 35.1 Å². The van der Waals surface area contributed by atoms with Gasteiger partial charge in [-0.05, 0) is 39.8 Å². The first-order valence-electron chi connectivity index (χ1n) is 7.18. The first kappa shape index (κ1) is 18.7. The summed E-state index contributed by atoms with van der Waals surface area (Å²) in [7, 11) is 0. The molecule has 2 saturated heterocycles. The second-order valence-electron chi connectivity index (χ2n) is 6.82. The van der Waals surface area contributed by atoms with Gasteiger partial charge in [-0.1, -0.05) is 0 Å². The van der Waals surface area contributed by atoms with Crippen molar-refractivity contribution in [2.75, 3.05) is 26.2 Å². The van der Waals surface area contributed by atoms with E-state index in [0.717, 1.165) is 4.90 Å². The Balaban J connectivity index is 2.52. The van der Waals surface area contributed by atoms with E-state index in [-0.39, 0.29) is 18.0 Å². The van der Waals surface area contributed by atoms with Crippen molar-refractivity contribution < 1.29 is 35.1 Å². The average molecular weight is 354 g/mol. The van der Waals surface area contributed by atoms with E-state index in [1.165, 1.54) is 13.8 Å². The zero-order valence-electron chi connectivity index (χ0n) is 12.7. The van der Waals surface area contributed by atoms with Crippen molar-refractivity contribution in [2.45, 2.75) is 50.6 Å². The fraction of sp³-hybridized carbons (Fsp3) is 1.00. The molecule has 2 fully saturated rings. The molecule has 10 heteroatoms. The molecule has 0 aromatic rings. The Hall–Kier alpha value is -0.640. The molecule has 0 amide bonds. The van der Waals surface area contributed by atoms with Crippen molar-refractivity contribution in [3.63, 3.8) is 0 Å². The SMILES string of the molecule is CC1(C)CN1C(F)(F)C(CN1CCCC1)(C(F)(F)F)C(F)(F)F. The van der Waals surface area contributed by atoms with Crippen molar-refractivity contribution in [1.29, 1.82) is 0 Å². The van der Waals surface area contributed by atoms with Crippen LogP contribution in [-0.2, 0) is 0 Å². The van der Waals surface area contributed by atoms with Gasteiger partial charge in [0.15, 0.2) is 0 Å². The highest BCUT2D eigenvalue weighted by molar-refractivity contribution is 5.13. The van der Waals surface area contributed by atoms with Crippen LogP contribution in [0.5, 0.6) is 0 Å². The van der Waals surface area contributed by atoms with Crippen LogP contribution in [0.1, 0.15) is 26.7 Å². The molecule has 2 aliphatic heterocycles. The fourth-order valence-electron chi connectivity index (χ4n) is 3.11. The topological polar surface area (TPSA) is 6.25 Å². The van der Waals surface area contributed by atoms with Crippen molar-refractivity contribution >= 4 is 0 Å². The Morgan fingerprint density at radius 2 is 1.22 bits per heavy atom. The summed E-state index contributed by atoms with van der Waals surface area (Å²) in [5.74, 6) is 0. The van der Waals surface area contributed by atoms with Gasteiger partial charge in [0.05, 0.1) is 0 Å². The number of hydrogen-bond donors (Lipinski definition) is 0. The normalized spacial score (nSPS) is 26.6. The third kappa shape index (κ3) is 2.81. The summed E-state index contributed by atoms with van der Waals surface area (Å²) < 4.78 is 109. The quantitative estimate of drug-likeness (QED) is 0.429. The molecule has 0 aliphatic carbocycles. The van der Waals surface area contributed by atoms with E-state index >= 15 is 0 Å². The van der Waals surface area contributed by atoms with Gasteiger partial charge < -0.3 is 4.90 Å². The molecular weight excluding hydrogens is 336 g/mol. The van der Waals surface area contributed by atoms with E-state index in [1.807, 2.05) is 0 Å². The van der Waals surface area contributed by atoms with Gasteiger partial charge in [-0.2, -0.15) is 35.1 Å². The lowest BCUT2D eigenvalue weighted by Gasteiger charge is -2.45. The van der Waals surface area contributed by atoms with E-state index in [1.54, 1.807) is 0 Å². The highest BCUT2D eigenvalue weighted by Crippen LogP contribution is 2.63. The third-order valence-corrected chi connectivity index (χ3v) is 4.65. The lowest BCUT2D eigenvalue weighted by Crippen LogP contribution is -2.68. The monoisotopic (exact) mass is 354 g/mol. The van der Waals surface area contributed by atoms with Crippen molar-refractivity contribution in [3.05, 3.63) is 0 Å². The number of rotatable bonds is 4. The molecule has 0 radical (unpaired) electrons. The summed E-state index contributed by atoms with van der Waals surface area (Å²) in [6.07, 6.45) is -11.5. The Bertz CT molecular complexity index is 434. The van der Waals surface area contributed by atoms with Crippen LogP contribution in [0.15, 0.2) is 0 Å². The number of alkyl halides is 8. The molecule has 0 bridgehead atoms. The molecule has 0 N–H and O–H groups in total. The first-order valence-corrected chi connectivity index (χ1v) is 7.18. The molecule has 0 aromatic carbocycles. The summed E-state index contributed by atoms with van der Waals surface area (Å²) in [6, 6.07) is -5.07. The summed E-state index contributed by atoms with van der Waals surface area (Å²) >= 11 is 0. The fourth-order valence-corrected chi connectivity index (χ4v) is 3.11. The van der Waals surface area contributed by atoms with Gasteiger partial charge in [0.25, 0.3) is 5.41 Å². The number of nitrogens with zero attached hydrogens (tertiary/aromatic N) is 2. The Morgan fingerprint density at radius 3 is 1.52 bits per heavy atom. The number of halogens is 8. The maximum Gasteiger partial charge on any atom is 0.411 e. The third-order valence-electron chi connectivity index (χ3n) is 4.65. The molecule has 0 spiro atoms. The van der Waals surface area contributed by atoms with Crippen molar-refractivity contribution in [3.8, 4) is 0 Å². The average Bonchev–Trinajstić information content (AvgIpc) is 2.77. The van der Waals surface area contributed by atoms with E-state index in [0.29, 0.717) is 12.8 Å². The molecule has 1 unspecified atom stereocenters. The number of likely N-dealkylation sites (tertiary alicyclic amines) is 1. The maximum absolute atomic E-state index is 14.5. The van der Waals surface area contributed by atoms with Gasteiger partial charge in [0.1, 0.15) is 0 Å². The summed E-state index contributed by atoms with van der Waals surface area (Å²) in [5.41, 5.74) is -6.50. The van der Waals surface area contributed by atoms with Crippen LogP contribution in [-0.4, -0.2) is 59.9 Å². The molecule has 23 heavy (non-hydrogen) atoms. The Kier molecular flexibility index (Phi) is 4.21. The smallest absolute Gasteiger partial charge is 0.302 e. The van der Waals surface area contributed by atoms with E-state index in [2.05, 4.69) is 0 Å². The molecule has 136 valence electrons. The Labute approximate surface area is 128 Å². The maximum atomic E-state index is 14.5. The van der Waals surface area contributed by atoms with Crippen LogP contribution in [0, 0.1) is 5.41 Å². The summed E-state index contributed by atoms with van der Waals surface area (Å²) in [5, 5.41) is 0. The second-order valence-corrected chi connectivity index (χ2v) is 6.82. The highest BCUT2D eigenvalue weighted by atomic mass is 19.4. The van der Waals surface area contributed by atoms with Gasteiger partial charge >= 0.3 is 18.4 Å². The largest absolute Gasteiger partial charge is 0.411 e. The van der Waals surface area contributed by atoms with Crippen LogP contribution in [0.25, 0.3) is 0 Å². The van der Waals surface area contributed by atoms with Crippen LogP contribution in [0.3, 0.4) is 0 Å². The standard InChI is InChI=1S/C13H18F8N2/c1-9(2)7-23(9)13(20,21)10(11(14,15)16,12(17,18)19)8-22-5-3-4-6-22/h3-8H2,1-2H3. The van der Waals surface area contributed by atoms with Crippen LogP contribution in [0.2, 0.25) is 0 Å². The number of hydrogen-bond acceptors (Lipinski definition) is 2. The molecule has 2 aliphatic rings. The molecule has 0 saturated carbocycles. The van der Waals surface area contributed by atoms with Gasteiger partial charge in [0, 0.05) is 18.6 Å².